The van der Waals surface area contributed by atoms with Crippen molar-refractivity contribution in [1.82, 2.24) is 19.9 Å². The van der Waals surface area contributed by atoms with Crippen LogP contribution >= 0.6 is 0 Å². The van der Waals surface area contributed by atoms with Crippen molar-refractivity contribution < 1.29 is 0 Å². The van der Waals surface area contributed by atoms with Gasteiger partial charge in [-0.25, -0.2) is 4.98 Å². The fraction of sp³-hybridized carbons (Fsp3) is 0. The molecular weight excluding hydrogens is 500 g/mol. The lowest BCUT2D eigenvalue weighted by Crippen LogP contribution is -1.85. The number of hydrogen-bond donors (Lipinski definition) is 3. The standard InChI is InChI=1S/C37H26N4/c1-4-10-24(11-5-1)35-29-18-16-27(38-29)28-17-19-30(39-28)36(25-12-6-2-7-13-25)32-21-23-34(41-32)37(26-14-8-3-9-15-26)33-22-20-31(35)40-33/h1-23,38,40-41H. The first-order valence-electron chi connectivity index (χ1n) is 13.8. The molecule has 3 aromatic carbocycles. The van der Waals surface area contributed by atoms with Crippen molar-refractivity contribution in [2.75, 3.05) is 0 Å². The normalized spacial score (nSPS) is 11.8. The summed E-state index contributed by atoms with van der Waals surface area (Å²) in [6.45, 7) is 0. The molecule has 4 nitrogen and oxygen atoms in total. The maximum Gasteiger partial charge on any atom is 0.0872 e. The van der Waals surface area contributed by atoms with E-state index < -0.39 is 0 Å². The molecule has 1 aliphatic rings. The highest BCUT2D eigenvalue weighted by Crippen LogP contribution is 2.35. The van der Waals surface area contributed by atoms with Gasteiger partial charge in [-0.3, -0.25) is 0 Å². The van der Waals surface area contributed by atoms with Crippen LogP contribution < -0.4 is 0 Å². The minimum atomic E-state index is 0.914. The summed E-state index contributed by atoms with van der Waals surface area (Å²) in [5, 5.41) is 0. The van der Waals surface area contributed by atoms with Gasteiger partial charge in [-0.1, -0.05) is 91.0 Å². The van der Waals surface area contributed by atoms with Crippen LogP contribution in [-0.2, 0) is 0 Å². The van der Waals surface area contributed by atoms with Gasteiger partial charge < -0.3 is 15.0 Å². The molecule has 0 unspecified atom stereocenters. The number of nitrogens with zero attached hydrogens (tertiary/aromatic N) is 1. The Labute approximate surface area is 237 Å². The molecule has 0 aliphatic carbocycles. The molecule has 41 heavy (non-hydrogen) atoms. The van der Waals surface area contributed by atoms with E-state index in [0.717, 1.165) is 77.9 Å². The van der Waals surface area contributed by atoms with Crippen LogP contribution in [0, 0.1) is 0 Å². The van der Waals surface area contributed by atoms with Gasteiger partial charge in [0.1, 0.15) is 0 Å². The molecule has 0 saturated carbocycles. The van der Waals surface area contributed by atoms with E-state index in [9.17, 15) is 0 Å². The van der Waals surface area contributed by atoms with E-state index in [1.165, 1.54) is 0 Å². The molecule has 7 aromatic rings. The van der Waals surface area contributed by atoms with Crippen LogP contribution in [-0.4, -0.2) is 19.9 Å². The van der Waals surface area contributed by atoms with E-state index in [4.69, 9.17) is 4.98 Å². The molecule has 1 aliphatic heterocycles. The molecule has 8 rings (SSSR count). The second kappa shape index (κ2) is 9.54. The van der Waals surface area contributed by atoms with Crippen LogP contribution in [0.15, 0.2) is 127 Å². The van der Waals surface area contributed by atoms with Gasteiger partial charge in [-0.05, 0) is 65.2 Å². The van der Waals surface area contributed by atoms with Crippen molar-refractivity contribution in [3.05, 3.63) is 139 Å². The first kappa shape index (κ1) is 23.3. The van der Waals surface area contributed by atoms with E-state index in [-0.39, 0.29) is 0 Å². The van der Waals surface area contributed by atoms with E-state index >= 15 is 0 Å². The molecular formula is C37H26N4. The molecule has 194 valence electrons. The van der Waals surface area contributed by atoms with Gasteiger partial charge in [-0.15, -0.1) is 0 Å². The molecule has 0 spiro atoms. The van der Waals surface area contributed by atoms with Crippen molar-refractivity contribution in [2.24, 2.45) is 0 Å². The van der Waals surface area contributed by atoms with Crippen molar-refractivity contribution in [1.29, 1.82) is 0 Å². The maximum absolute atomic E-state index is 5.13. The first-order valence-corrected chi connectivity index (χ1v) is 13.8. The van der Waals surface area contributed by atoms with Crippen molar-refractivity contribution in [3.8, 4) is 33.4 Å². The highest BCUT2D eigenvalue weighted by atomic mass is 14.8. The Morgan fingerprint density at radius 3 is 1.12 bits per heavy atom. The fourth-order valence-electron chi connectivity index (χ4n) is 5.88. The molecule has 0 saturated heterocycles. The number of fused-ring (bicyclic) bond motifs is 9. The molecule has 0 amide bonds. The SMILES string of the molecule is C1=Cc2nc1c(-c1ccccc1)c1ccc([nH]1)c(-c1ccccc1)c1ccc([nH]1)c(-c1ccccc1)c1ccc2[nH]1. The monoisotopic (exact) mass is 526 g/mol. The van der Waals surface area contributed by atoms with Crippen LogP contribution in [0.1, 0.15) is 11.4 Å². The summed E-state index contributed by atoms with van der Waals surface area (Å²) in [7, 11) is 0. The highest BCUT2D eigenvalue weighted by molar-refractivity contribution is 6.00. The van der Waals surface area contributed by atoms with Gasteiger partial charge in [-0.2, -0.15) is 0 Å². The fourth-order valence-corrected chi connectivity index (χ4v) is 5.88. The zero-order valence-corrected chi connectivity index (χ0v) is 22.2. The van der Waals surface area contributed by atoms with E-state index in [1.54, 1.807) is 0 Å². The summed E-state index contributed by atoms with van der Waals surface area (Å²) in [5.74, 6) is 0. The van der Waals surface area contributed by atoms with Crippen LogP contribution in [0.3, 0.4) is 0 Å². The summed E-state index contributed by atoms with van der Waals surface area (Å²) in [4.78, 5) is 16.4. The third-order valence-corrected chi connectivity index (χ3v) is 7.76. The summed E-state index contributed by atoms with van der Waals surface area (Å²) in [6.07, 6.45) is 4.21. The topological polar surface area (TPSA) is 60.3 Å². The molecule has 0 atom stereocenters. The summed E-state index contributed by atoms with van der Waals surface area (Å²) < 4.78 is 0. The number of hydrogen-bond acceptors (Lipinski definition) is 1. The van der Waals surface area contributed by atoms with Crippen LogP contribution in [0.25, 0.3) is 78.6 Å². The Balaban J connectivity index is 1.58. The smallest absolute Gasteiger partial charge is 0.0872 e. The van der Waals surface area contributed by atoms with Crippen molar-refractivity contribution in [3.63, 3.8) is 0 Å². The van der Waals surface area contributed by atoms with Gasteiger partial charge >= 0.3 is 0 Å². The van der Waals surface area contributed by atoms with Crippen LogP contribution in [0.2, 0.25) is 0 Å². The highest BCUT2D eigenvalue weighted by Gasteiger charge is 2.14. The third kappa shape index (κ3) is 4.05. The molecule has 8 bridgehead atoms. The summed E-state index contributed by atoms with van der Waals surface area (Å²) in [6, 6.07) is 44.6. The largest absolute Gasteiger partial charge is 0.354 e. The van der Waals surface area contributed by atoms with Gasteiger partial charge in [0.15, 0.2) is 0 Å². The second-order valence-electron chi connectivity index (χ2n) is 10.3. The first-order chi connectivity index (χ1) is 20.3. The molecule has 0 fully saturated rings. The average Bonchev–Trinajstić information content (AvgIpc) is 3.84. The van der Waals surface area contributed by atoms with Gasteiger partial charge in [0.2, 0.25) is 0 Å². The van der Waals surface area contributed by atoms with Crippen LogP contribution in [0.4, 0.5) is 0 Å². The molecule has 5 heterocycles. The summed E-state index contributed by atoms with van der Waals surface area (Å²) >= 11 is 0. The zero-order chi connectivity index (χ0) is 27.2. The number of rotatable bonds is 3. The Morgan fingerprint density at radius 2 is 0.659 bits per heavy atom. The molecule has 0 radical (unpaired) electrons. The van der Waals surface area contributed by atoms with Crippen molar-refractivity contribution >= 4 is 45.3 Å². The second-order valence-corrected chi connectivity index (χ2v) is 10.3. The van der Waals surface area contributed by atoms with E-state index in [1.807, 2.05) is 6.07 Å². The summed E-state index contributed by atoms with van der Waals surface area (Å²) in [5.41, 5.74) is 14.7. The van der Waals surface area contributed by atoms with E-state index in [0.29, 0.717) is 0 Å². The predicted molar refractivity (Wildman–Crippen MR) is 171 cm³/mol. The van der Waals surface area contributed by atoms with Gasteiger partial charge in [0.25, 0.3) is 0 Å². The minimum Gasteiger partial charge on any atom is -0.354 e. The number of aromatic nitrogens is 4. The average molecular weight is 527 g/mol. The number of H-pyrrole nitrogens is 3. The Kier molecular flexibility index (Phi) is 5.42. The van der Waals surface area contributed by atoms with Crippen molar-refractivity contribution in [2.45, 2.75) is 0 Å². The molecule has 3 N–H and O–H groups in total. The third-order valence-electron chi connectivity index (χ3n) is 7.76. The molecule has 4 heteroatoms. The van der Waals surface area contributed by atoms with Crippen LogP contribution in [0.5, 0.6) is 0 Å². The van der Waals surface area contributed by atoms with Gasteiger partial charge in [0.05, 0.1) is 16.9 Å². The lowest BCUT2D eigenvalue weighted by molar-refractivity contribution is 1.32. The lowest BCUT2D eigenvalue weighted by atomic mass is 10.0. The lowest BCUT2D eigenvalue weighted by Gasteiger charge is -2.05. The van der Waals surface area contributed by atoms with E-state index in [2.05, 4.69) is 148 Å². The number of nitrogens with one attached hydrogen (secondary N) is 3. The quantitative estimate of drug-likeness (QED) is 0.211. The zero-order valence-electron chi connectivity index (χ0n) is 22.2. The minimum absolute atomic E-state index is 0.914. The number of benzene rings is 3. The Hall–Kier alpha value is -5.61. The molecule has 4 aromatic heterocycles. The number of aromatic amines is 3. The maximum atomic E-state index is 5.13. The Bertz CT molecular complexity index is 2180. The van der Waals surface area contributed by atoms with Gasteiger partial charge in [0, 0.05) is 44.3 Å². The Morgan fingerprint density at radius 1 is 0.317 bits per heavy atom. The predicted octanol–water partition coefficient (Wildman–Crippen LogP) is 9.70.